The lowest BCUT2D eigenvalue weighted by Crippen LogP contribution is -2.63. The summed E-state index contributed by atoms with van der Waals surface area (Å²) in [6.07, 6.45) is -0.0919. The van der Waals surface area contributed by atoms with E-state index in [-0.39, 0.29) is 24.1 Å². The van der Waals surface area contributed by atoms with Crippen LogP contribution in [0.15, 0.2) is 48.5 Å². The van der Waals surface area contributed by atoms with Crippen molar-refractivity contribution >= 4 is 17.5 Å². The second-order valence-corrected chi connectivity index (χ2v) is 9.16. The van der Waals surface area contributed by atoms with E-state index in [1.807, 2.05) is 12.1 Å². The number of carbonyl (C=O) groups excluding carboxylic acids is 2. The largest absolute Gasteiger partial charge is 0.416 e. The molecule has 2 aromatic carbocycles. The standard InChI is InChI=1S/C25H29F3N4O2/c26-25(27,28)19-5-1-4-18(11-19)24(34)30-13-23(33)31-21-14-32(15-21)22-9-7-16(8-10-22)17-3-2-6-20(29)12-17/h1-6,11-12,16,21-22H,7-10,13-15,29H2,(H,30,34)(H,31,33). The number of alkyl halides is 3. The Bertz CT molecular complexity index is 1030. The summed E-state index contributed by atoms with van der Waals surface area (Å²) in [5.41, 5.74) is 6.98. The van der Waals surface area contributed by atoms with E-state index in [1.54, 1.807) is 0 Å². The average molecular weight is 475 g/mol. The van der Waals surface area contributed by atoms with Gasteiger partial charge in [-0.2, -0.15) is 13.2 Å². The maximum absolute atomic E-state index is 12.8. The van der Waals surface area contributed by atoms with Crippen molar-refractivity contribution in [2.45, 2.75) is 49.9 Å². The molecule has 1 heterocycles. The Kier molecular flexibility index (Phi) is 7.11. The second-order valence-electron chi connectivity index (χ2n) is 9.16. The zero-order chi connectivity index (χ0) is 24.3. The number of carbonyl (C=O) groups is 2. The van der Waals surface area contributed by atoms with Gasteiger partial charge in [0.05, 0.1) is 18.2 Å². The summed E-state index contributed by atoms with van der Waals surface area (Å²) in [6.45, 7) is 1.25. The Labute approximate surface area is 196 Å². The van der Waals surface area contributed by atoms with E-state index < -0.39 is 17.6 Å². The van der Waals surface area contributed by atoms with Crippen LogP contribution < -0.4 is 16.4 Å². The topological polar surface area (TPSA) is 87.5 Å². The molecule has 0 unspecified atom stereocenters. The van der Waals surface area contributed by atoms with Crippen LogP contribution in [0.1, 0.15) is 53.1 Å². The second kappa shape index (κ2) is 10.0. The summed E-state index contributed by atoms with van der Waals surface area (Å²) in [4.78, 5) is 26.7. The number of rotatable bonds is 6. The van der Waals surface area contributed by atoms with Crippen molar-refractivity contribution in [3.05, 3.63) is 65.2 Å². The lowest BCUT2D eigenvalue weighted by atomic mass is 9.80. The molecule has 2 aliphatic rings. The zero-order valence-electron chi connectivity index (χ0n) is 18.8. The normalized spacial score (nSPS) is 21.5. The molecule has 0 radical (unpaired) electrons. The molecule has 1 aliphatic heterocycles. The first kappa shape index (κ1) is 24.1. The molecule has 0 atom stereocenters. The molecular formula is C25H29F3N4O2. The first-order valence-electron chi connectivity index (χ1n) is 11.5. The molecule has 1 saturated carbocycles. The minimum absolute atomic E-state index is 0.0182. The lowest BCUT2D eigenvalue weighted by Gasteiger charge is -2.46. The molecule has 2 fully saturated rings. The van der Waals surface area contributed by atoms with E-state index in [1.165, 1.54) is 17.7 Å². The van der Waals surface area contributed by atoms with Gasteiger partial charge < -0.3 is 16.4 Å². The fourth-order valence-electron chi connectivity index (χ4n) is 4.87. The number of hydrogen-bond acceptors (Lipinski definition) is 4. The highest BCUT2D eigenvalue weighted by atomic mass is 19.4. The number of nitrogen functional groups attached to an aromatic ring is 1. The van der Waals surface area contributed by atoms with Gasteiger partial charge in [-0.15, -0.1) is 0 Å². The van der Waals surface area contributed by atoms with Crippen LogP contribution >= 0.6 is 0 Å². The summed E-state index contributed by atoms with van der Waals surface area (Å²) in [5.74, 6) is -0.527. The van der Waals surface area contributed by atoms with Gasteiger partial charge in [0, 0.05) is 30.4 Å². The van der Waals surface area contributed by atoms with Gasteiger partial charge in [0.2, 0.25) is 5.91 Å². The van der Waals surface area contributed by atoms with Gasteiger partial charge >= 0.3 is 6.18 Å². The van der Waals surface area contributed by atoms with Crippen LogP contribution in [0.25, 0.3) is 0 Å². The van der Waals surface area contributed by atoms with Crippen LogP contribution in [0.3, 0.4) is 0 Å². The fraction of sp³-hybridized carbons (Fsp3) is 0.440. The highest BCUT2D eigenvalue weighted by molar-refractivity contribution is 5.96. The number of benzene rings is 2. The molecule has 2 aromatic rings. The molecule has 1 saturated heterocycles. The molecule has 2 amide bonds. The minimum Gasteiger partial charge on any atom is -0.399 e. The number of nitrogens with two attached hydrogens (primary N) is 1. The number of anilines is 1. The molecule has 6 nitrogen and oxygen atoms in total. The summed E-state index contributed by atoms with van der Waals surface area (Å²) in [6, 6.07) is 12.8. The Morgan fingerprint density at radius 1 is 1.00 bits per heavy atom. The van der Waals surface area contributed by atoms with E-state index in [4.69, 9.17) is 5.73 Å². The van der Waals surface area contributed by atoms with Crippen molar-refractivity contribution in [1.82, 2.24) is 15.5 Å². The monoisotopic (exact) mass is 474 g/mol. The van der Waals surface area contributed by atoms with E-state index in [2.05, 4.69) is 27.7 Å². The molecule has 0 aromatic heterocycles. The van der Waals surface area contributed by atoms with Gasteiger partial charge in [-0.25, -0.2) is 0 Å². The highest BCUT2D eigenvalue weighted by Crippen LogP contribution is 2.36. The third-order valence-corrected chi connectivity index (χ3v) is 6.73. The van der Waals surface area contributed by atoms with Crippen LogP contribution in [0.2, 0.25) is 0 Å². The van der Waals surface area contributed by atoms with E-state index in [0.717, 1.165) is 56.6 Å². The third-order valence-electron chi connectivity index (χ3n) is 6.73. The van der Waals surface area contributed by atoms with E-state index in [9.17, 15) is 22.8 Å². The summed E-state index contributed by atoms with van der Waals surface area (Å²) in [7, 11) is 0. The maximum Gasteiger partial charge on any atom is 0.416 e. The molecular weight excluding hydrogens is 445 g/mol. The first-order chi connectivity index (χ1) is 16.2. The van der Waals surface area contributed by atoms with Crippen molar-refractivity contribution in [2.75, 3.05) is 25.4 Å². The van der Waals surface area contributed by atoms with Crippen LogP contribution in [-0.4, -0.2) is 48.4 Å². The molecule has 9 heteroatoms. The van der Waals surface area contributed by atoms with E-state index >= 15 is 0 Å². The smallest absolute Gasteiger partial charge is 0.399 e. The molecule has 1 aliphatic carbocycles. The van der Waals surface area contributed by atoms with Crippen molar-refractivity contribution in [2.24, 2.45) is 0 Å². The molecule has 182 valence electrons. The molecule has 4 rings (SSSR count). The van der Waals surface area contributed by atoms with Crippen molar-refractivity contribution in [1.29, 1.82) is 0 Å². The number of nitrogens with one attached hydrogen (secondary N) is 2. The average Bonchev–Trinajstić information content (AvgIpc) is 2.79. The van der Waals surface area contributed by atoms with Gasteiger partial charge in [0.25, 0.3) is 5.91 Å². The van der Waals surface area contributed by atoms with Gasteiger partial charge in [-0.3, -0.25) is 14.5 Å². The van der Waals surface area contributed by atoms with Gasteiger partial charge in [-0.1, -0.05) is 18.2 Å². The van der Waals surface area contributed by atoms with Crippen molar-refractivity contribution in [3.8, 4) is 0 Å². The predicted molar refractivity (Wildman–Crippen MR) is 123 cm³/mol. The number of halogens is 3. The quantitative estimate of drug-likeness (QED) is 0.559. The predicted octanol–water partition coefficient (Wildman–Crippen LogP) is 3.54. The maximum atomic E-state index is 12.8. The summed E-state index contributed by atoms with van der Waals surface area (Å²) >= 11 is 0. The number of amides is 2. The third kappa shape index (κ3) is 5.88. The first-order valence-corrected chi connectivity index (χ1v) is 11.5. The minimum atomic E-state index is -4.53. The van der Waals surface area contributed by atoms with Crippen molar-refractivity contribution in [3.63, 3.8) is 0 Å². The number of likely N-dealkylation sites (tertiary alicyclic amines) is 1. The lowest BCUT2D eigenvalue weighted by molar-refractivity contribution is -0.137. The Hall–Kier alpha value is -3.07. The number of nitrogens with zero attached hydrogens (tertiary/aromatic N) is 1. The summed E-state index contributed by atoms with van der Waals surface area (Å²) in [5, 5.41) is 5.27. The zero-order valence-corrected chi connectivity index (χ0v) is 18.8. The van der Waals surface area contributed by atoms with Crippen LogP contribution in [0.4, 0.5) is 18.9 Å². The van der Waals surface area contributed by atoms with Gasteiger partial charge in [0.15, 0.2) is 0 Å². The Morgan fingerprint density at radius 3 is 2.38 bits per heavy atom. The Morgan fingerprint density at radius 2 is 1.71 bits per heavy atom. The molecule has 4 N–H and O–H groups in total. The summed E-state index contributed by atoms with van der Waals surface area (Å²) < 4.78 is 38.4. The fourth-order valence-corrected chi connectivity index (χ4v) is 4.87. The van der Waals surface area contributed by atoms with Crippen LogP contribution in [0.5, 0.6) is 0 Å². The Balaban J connectivity index is 1.16. The van der Waals surface area contributed by atoms with Crippen molar-refractivity contribution < 1.29 is 22.8 Å². The number of hydrogen-bond donors (Lipinski definition) is 3. The van der Waals surface area contributed by atoms with E-state index in [0.29, 0.717) is 12.0 Å². The van der Waals surface area contributed by atoms with Gasteiger partial charge in [0.1, 0.15) is 0 Å². The van der Waals surface area contributed by atoms with Crippen LogP contribution in [-0.2, 0) is 11.0 Å². The van der Waals surface area contributed by atoms with Crippen LogP contribution in [0, 0.1) is 0 Å². The van der Waals surface area contributed by atoms with Gasteiger partial charge in [-0.05, 0) is 67.5 Å². The molecule has 0 bridgehead atoms. The SMILES string of the molecule is Nc1cccc(C2CCC(N3CC(NC(=O)CNC(=O)c4cccc(C(F)(F)F)c4)C3)CC2)c1. The molecule has 0 spiro atoms. The molecule has 34 heavy (non-hydrogen) atoms. The highest BCUT2D eigenvalue weighted by Gasteiger charge is 2.35.